The molecule has 0 atom stereocenters. The maximum absolute atomic E-state index is 14.5. The summed E-state index contributed by atoms with van der Waals surface area (Å²) in [6, 6.07) is 7.33. The van der Waals surface area contributed by atoms with Gasteiger partial charge in [-0.25, -0.2) is 18.3 Å². The van der Waals surface area contributed by atoms with E-state index in [0.717, 1.165) is 0 Å². The zero-order valence-electron chi connectivity index (χ0n) is 12.0. The largest absolute Gasteiger partial charge is 0.296 e. The fraction of sp³-hybridized carbons (Fsp3) is 0.188. The second kappa shape index (κ2) is 4.98. The van der Waals surface area contributed by atoms with E-state index in [1.54, 1.807) is 18.2 Å². The summed E-state index contributed by atoms with van der Waals surface area (Å²) in [5.41, 5.74) is 0.243. The number of carbonyl (C=O) groups is 1. The maximum atomic E-state index is 14.5. The summed E-state index contributed by atoms with van der Waals surface area (Å²) in [4.78, 5) is 15.0. The molecule has 0 amide bonds. The van der Waals surface area contributed by atoms with Crippen LogP contribution >= 0.6 is 0 Å². The van der Waals surface area contributed by atoms with Crippen LogP contribution in [-0.4, -0.2) is 20.9 Å². The van der Waals surface area contributed by atoms with Gasteiger partial charge in [-0.2, -0.15) is 5.10 Å². The molecule has 0 saturated carbocycles. The van der Waals surface area contributed by atoms with Crippen molar-refractivity contribution in [3.05, 3.63) is 53.6 Å². The van der Waals surface area contributed by atoms with Crippen LogP contribution in [0.15, 0.2) is 36.5 Å². The molecule has 0 unspecified atom stereocenters. The van der Waals surface area contributed by atoms with E-state index < -0.39 is 5.67 Å². The third kappa shape index (κ3) is 2.47. The van der Waals surface area contributed by atoms with Gasteiger partial charge in [-0.15, -0.1) is 0 Å². The Balaban J connectivity index is 2.28. The molecule has 0 N–H and O–H groups in total. The molecule has 0 radical (unpaired) electrons. The van der Waals surface area contributed by atoms with Crippen molar-refractivity contribution in [1.82, 2.24) is 14.6 Å². The Morgan fingerprint density at radius 2 is 1.91 bits per heavy atom. The number of rotatable bonds is 3. The highest BCUT2D eigenvalue weighted by atomic mass is 19.1. The first-order valence-corrected chi connectivity index (χ1v) is 6.69. The third-order valence-corrected chi connectivity index (χ3v) is 3.35. The maximum Gasteiger partial charge on any atom is 0.170 e. The molecule has 6 heteroatoms. The van der Waals surface area contributed by atoms with Gasteiger partial charge in [0.25, 0.3) is 0 Å². The Morgan fingerprint density at radius 1 is 1.23 bits per heavy atom. The van der Waals surface area contributed by atoms with E-state index >= 15 is 0 Å². The van der Waals surface area contributed by atoms with Gasteiger partial charge < -0.3 is 0 Å². The van der Waals surface area contributed by atoms with Gasteiger partial charge in [0.15, 0.2) is 11.9 Å². The van der Waals surface area contributed by atoms with E-state index in [-0.39, 0.29) is 11.5 Å². The van der Waals surface area contributed by atoms with E-state index in [9.17, 15) is 13.6 Å². The number of hydrogen-bond donors (Lipinski definition) is 0. The summed E-state index contributed by atoms with van der Waals surface area (Å²) in [6.07, 6.45) is 2.02. The molecule has 22 heavy (non-hydrogen) atoms. The number of nitrogens with zero attached hydrogens (tertiary/aromatic N) is 3. The van der Waals surface area contributed by atoms with Crippen LogP contribution in [0.2, 0.25) is 0 Å². The average Bonchev–Trinajstić information content (AvgIpc) is 2.88. The van der Waals surface area contributed by atoms with Gasteiger partial charge in [-0.05, 0) is 44.2 Å². The van der Waals surface area contributed by atoms with Crippen molar-refractivity contribution in [2.24, 2.45) is 0 Å². The molecule has 0 aliphatic rings. The number of hydrogen-bond acceptors (Lipinski definition) is 3. The first-order valence-electron chi connectivity index (χ1n) is 6.69. The lowest BCUT2D eigenvalue weighted by Gasteiger charge is -2.16. The Hall–Kier alpha value is -2.63. The smallest absolute Gasteiger partial charge is 0.170 e. The number of aromatic nitrogens is 3. The van der Waals surface area contributed by atoms with Crippen LogP contribution in [-0.2, 0) is 5.67 Å². The molecule has 112 valence electrons. The quantitative estimate of drug-likeness (QED) is 0.695. The molecule has 0 bridgehead atoms. The van der Waals surface area contributed by atoms with Gasteiger partial charge in [-0.3, -0.25) is 4.79 Å². The molecule has 3 rings (SSSR count). The lowest BCUT2D eigenvalue weighted by atomic mass is 9.99. The predicted molar refractivity (Wildman–Crippen MR) is 77.9 cm³/mol. The number of benzene rings is 1. The molecule has 0 aliphatic heterocycles. The molecule has 0 saturated heterocycles. The second-order valence-corrected chi connectivity index (χ2v) is 5.47. The minimum absolute atomic E-state index is 0.175. The van der Waals surface area contributed by atoms with Crippen LogP contribution in [0, 0.1) is 5.82 Å². The number of imidazole rings is 1. The monoisotopic (exact) mass is 301 g/mol. The lowest BCUT2D eigenvalue weighted by Crippen LogP contribution is -2.13. The summed E-state index contributed by atoms with van der Waals surface area (Å²) < 4.78 is 28.9. The van der Waals surface area contributed by atoms with Crippen molar-refractivity contribution in [2.45, 2.75) is 19.5 Å². The fourth-order valence-corrected chi connectivity index (χ4v) is 2.25. The van der Waals surface area contributed by atoms with Gasteiger partial charge in [0.1, 0.15) is 17.2 Å². The van der Waals surface area contributed by atoms with Crippen LogP contribution in [0.1, 0.15) is 29.9 Å². The lowest BCUT2D eigenvalue weighted by molar-refractivity contribution is 0.111. The van der Waals surface area contributed by atoms with Crippen LogP contribution in [0.4, 0.5) is 8.78 Å². The molecular formula is C16H13F2N3O. The number of carbonyl (C=O) groups excluding carboxylic acids is 1. The first-order chi connectivity index (χ1) is 10.4. The Kier molecular flexibility index (Phi) is 3.24. The van der Waals surface area contributed by atoms with Gasteiger partial charge in [0, 0.05) is 11.1 Å². The van der Waals surface area contributed by atoms with Crippen molar-refractivity contribution in [3.8, 4) is 11.3 Å². The molecular weight excluding hydrogens is 288 g/mol. The highest BCUT2D eigenvalue weighted by molar-refractivity contribution is 5.74. The normalized spacial score (nSPS) is 11.8. The molecule has 2 heterocycles. The van der Waals surface area contributed by atoms with Crippen molar-refractivity contribution in [3.63, 3.8) is 0 Å². The fourth-order valence-electron chi connectivity index (χ4n) is 2.25. The second-order valence-electron chi connectivity index (χ2n) is 5.47. The van der Waals surface area contributed by atoms with Gasteiger partial charge in [0.2, 0.25) is 0 Å². The minimum atomic E-state index is -1.66. The summed E-state index contributed by atoms with van der Waals surface area (Å²) in [5.74, 6) is -0.359. The summed E-state index contributed by atoms with van der Waals surface area (Å²) in [7, 11) is 0. The van der Waals surface area contributed by atoms with E-state index in [0.29, 0.717) is 28.8 Å². The van der Waals surface area contributed by atoms with Crippen LogP contribution in [0.5, 0.6) is 0 Å². The molecule has 2 aromatic heterocycles. The topological polar surface area (TPSA) is 47.3 Å². The Labute approximate surface area is 125 Å². The van der Waals surface area contributed by atoms with E-state index in [4.69, 9.17) is 0 Å². The van der Waals surface area contributed by atoms with E-state index in [1.165, 1.54) is 36.7 Å². The Bertz CT molecular complexity index is 848. The van der Waals surface area contributed by atoms with Gasteiger partial charge in [-0.1, -0.05) is 0 Å². The summed E-state index contributed by atoms with van der Waals surface area (Å²) >= 11 is 0. The zero-order valence-corrected chi connectivity index (χ0v) is 12.0. The van der Waals surface area contributed by atoms with Crippen molar-refractivity contribution < 1.29 is 13.6 Å². The number of fused-ring (bicyclic) bond motifs is 1. The van der Waals surface area contributed by atoms with E-state index in [1.807, 2.05) is 0 Å². The average molecular weight is 301 g/mol. The molecule has 0 spiro atoms. The van der Waals surface area contributed by atoms with Crippen LogP contribution in [0.3, 0.4) is 0 Å². The molecule has 0 aliphatic carbocycles. The SMILES string of the molecule is CC(C)(F)c1cc(-c2ccc(F)cc2)nn2cc(C=O)nc12. The molecule has 0 fully saturated rings. The Morgan fingerprint density at radius 3 is 2.50 bits per heavy atom. The third-order valence-electron chi connectivity index (χ3n) is 3.35. The standard InChI is InChI=1S/C16H13F2N3O/c1-16(2,18)13-7-14(10-3-5-11(17)6-4-10)20-21-8-12(9-22)19-15(13)21/h3-9H,1-2H3. The first kappa shape index (κ1) is 14.3. The van der Waals surface area contributed by atoms with Crippen LogP contribution in [0.25, 0.3) is 16.9 Å². The molecule has 4 nitrogen and oxygen atoms in total. The zero-order chi connectivity index (χ0) is 15.9. The highest BCUT2D eigenvalue weighted by Crippen LogP contribution is 2.31. The summed E-state index contributed by atoms with van der Waals surface area (Å²) in [5, 5.41) is 4.32. The number of halogens is 2. The number of alkyl halides is 1. The molecule has 3 aromatic rings. The van der Waals surface area contributed by atoms with Gasteiger partial charge in [0.05, 0.1) is 11.9 Å². The van der Waals surface area contributed by atoms with Crippen molar-refractivity contribution in [2.75, 3.05) is 0 Å². The summed E-state index contributed by atoms with van der Waals surface area (Å²) in [6.45, 7) is 2.82. The minimum Gasteiger partial charge on any atom is -0.296 e. The highest BCUT2D eigenvalue weighted by Gasteiger charge is 2.25. The molecule has 1 aromatic carbocycles. The van der Waals surface area contributed by atoms with Gasteiger partial charge >= 0.3 is 0 Å². The van der Waals surface area contributed by atoms with Crippen molar-refractivity contribution in [1.29, 1.82) is 0 Å². The van der Waals surface area contributed by atoms with Crippen molar-refractivity contribution >= 4 is 11.9 Å². The predicted octanol–water partition coefficient (Wildman–Crippen LogP) is 3.55. The van der Waals surface area contributed by atoms with E-state index in [2.05, 4.69) is 10.1 Å². The van der Waals surface area contributed by atoms with Crippen LogP contribution < -0.4 is 0 Å². The number of aldehydes is 1.